The Morgan fingerprint density at radius 1 is 1.18 bits per heavy atom. The maximum atomic E-state index is 12.0. The number of anilines is 1. The zero-order valence-corrected chi connectivity index (χ0v) is 12.2. The minimum Gasteiger partial charge on any atom is -0.290 e. The maximum absolute atomic E-state index is 12.0. The summed E-state index contributed by atoms with van der Waals surface area (Å²) in [7, 11) is 0. The third-order valence-corrected chi connectivity index (χ3v) is 3.80. The van der Waals surface area contributed by atoms with Gasteiger partial charge in [0.2, 0.25) is 5.95 Å². The molecule has 0 aliphatic heterocycles. The van der Waals surface area contributed by atoms with Crippen LogP contribution >= 0.6 is 11.3 Å². The molecule has 0 spiro atoms. The SMILES string of the molecule is N#Cc1ccc(-c2ccnc(NC(=O)c3cccs3)n2)cc1. The van der Waals surface area contributed by atoms with Gasteiger partial charge in [0.05, 0.1) is 22.2 Å². The Hall–Kier alpha value is -3.04. The molecular weight excluding hydrogens is 296 g/mol. The first-order valence-corrected chi connectivity index (χ1v) is 7.32. The highest BCUT2D eigenvalue weighted by molar-refractivity contribution is 7.12. The number of aromatic nitrogens is 2. The van der Waals surface area contributed by atoms with Crippen LogP contribution in [0.5, 0.6) is 0 Å². The van der Waals surface area contributed by atoms with E-state index in [4.69, 9.17) is 5.26 Å². The number of nitrogens with zero attached hydrogens (tertiary/aromatic N) is 3. The Morgan fingerprint density at radius 3 is 2.68 bits per heavy atom. The van der Waals surface area contributed by atoms with E-state index in [0.717, 1.165) is 5.56 Å². The lowest BCUT2D eigenvalue weighted by Gasteiger charge is -2.05. The van der Waals surface area contributed by atoms with Crippen molar-refractivity contribution < 1.29 is 4.79 Å². The lowest BCUT2D eigenvalue weighted by atomic mass is 10.1. The molecule has 0 aliphatic carbocycles. The highest BCUT2D eigenvalue weighted by Crippen LogP contribution is 2.18. The highest BCUT2D eigenvalue weighted by atomic mass is 32.1. The number of carbonyl (C=O) groups is 1. The summed E-state index contributed by atoms with van der Waals surface area (Å²) in [4.78, 5) is 21.0. The highest BCUT2D eigenvalue weighted by Gasteiger charge is 2.09. The van der Waals surface area contributed by atoms with E-state index in [2.05, 4.69) is 21.4 Å². The van der Waals surface area contributed by atoms with Gasteiger partial charge in [-0.2, -0.15) is 5.26 Å². The van der Waals surface area contributed by atoms with Crippen molar-refractivity contribution in [1.82, 2.24) is 9.97 Å². The molecule has 5 nitrogen and oxygen atoms in total. The summed E-state index contributed by atoms with van der Waals surface area (Å²) in [5.74, 6) is 0.0206. The fourth-order valence-corrected chi connectivity index (χ4v) is 2.49. The van der Waals surface area contributed by atoms with Crippen LogP contribution in [-0.4, -0.2) is 15.9 Å². The molecule has 3 rings (SSSR count). The molecule has 22 heavy (non-hydrogen) atoms. The molecule has 2 heterocycles. The predicted molar refractivity (Wildman–Crippen MR) is 84.5 cm³/mol. The molecule has 0 fully saturated rings. The van der Waals surface area contributed by atoms with E-state index in [1.807, 2.05) is 23.6 Å². The predicted octanol–water partition coefficient (Wildman–Crippen LogP) is 3.33. The zero-order chi connectivity index (χ0) is 15.4. The lowest BCUT2D eigenvalue weighted by molar-refractivity contribution is 0.102. The second-order valence-electron chi connectivity index (χ2n) is 4.39. The standard InChI is InChI=1S/C16H10N4OS/c17-10-11-3-5-12(6-4-11)13-7-8-18-16(19-13)20-15(21)14-2-1-9-22-14/h1-9H,(H,18,19,20,21). The van der Waals surface area contributed by atoms with Crippen molar-refractivity contribution in [2.24, 2.45) is 0 Å². The van der Waals surface area contributed by atoms with Crippen LogP contribution in [0.15, 0.2) is 54.0 Å². The molecular formula is C16H10N4OS. The van der Waals surface area contributed by atoms with Crippen LogP contribution in [-0.2, 0) is 0 Å². The number of amides is 1. The van der Waals surface area contributed by atoms with Gasteiger partial charge in [-0.05, 0) is 29.6 Å². The van der Waals surface area contributed by atoms with E-state index in [9.17, 15) is 4.79 Å². The van der Waals surface area contributed by atoms with Gasteiger partial charge in [-0.15, -0.1) is 11.3 Å². The first-order chi connectivity index (χ1) is 10.8. The monoisotopic (exact) mass is 306 g/mol. The molecule has 1 N–H and O–H groups in total. The number of carbonyl (C=O) groups excluding carboxylic acids is 1. The van der Waals surface area contributed by atoms with Crippen molar-refractivity contribution in [3.8, 4) is 17.3 Å². The van der Waals surface area contributed by atoms with Crippen LogP contribution in [0, 0.1) is 11.3 Å². The minimum atomic E-state index is -0.230. The van der Waals surface area contributed by atoms with Crippen LogP contribution < -0.4 is 5.32 Å². The summed E-state index contributed by atoms with van der Waals surface area (Å²) >= 11 is 1.36. The summed E-state index contributed by atoms with van der Waals surface area (Å²) in [5, 5.41) is 13.3. The second kappa shape index (κ2) is 6.16. The van der Waals surface area contributed by atoms with Crippen molar-refractivity contribution in [1.29, 1.82) is 5.26 Å². The fourth-order valence-electron chi connectivity index (χ4n) is 1.87. The van der Waals surface area contributed by atoms with E-state index >= 15 is 0 Å². The smallest absolute Gasteiger partial charge is 0.268 e. The first kappa shape index (κ1) is 13.9. The number of nitrogens with one attached hydrogen (secondary N) is 1. The molecule has 1 aromatic carbocycles. The van der Waals surface area contributed by atoms with Gasteiger partial charge in [-0.3, -0.25) is 10.1 Å². The molecule has 1 amide bonds. The molecule has 0 aliphatic rings. The second-order valence-corrected chi connectivity index (χ2v) is 5.33. The van der Waals surface area contributed by atoms with Gasteiger partial charge >= 0.3 is 0 Å². The topological polar surface area (TPSA) is 78.7 Å². The third-order valence-electron chi connectivity index (χ3n) is 2.94. The number of nitriles is 1. The summed E-state index contributed by atoms with van der Waals surface area (Å²) < 4.78 is 0. The van der Waals surface area contributed by atoms with E-state index in [1.165, 1.54) is 11.3 Å². The number of rotatable bonds is 3. The molecule has 0 unspecified atom stereocenters. The van der Waals surface area contributed by atoms with Gasteiger partial charge in [0.15, 0.2) is 0 Å². The molecule has 0 bridgehead atoms. The fraction of sp³-hybridized carbons (Fsp3) is 0. The van der Waals surface area contributed by atoms with Crippen LogP contribution in [0.3, 0.4) is 0 Å². The van der Waals surface area contributed by atoms with E-state index < -0.39 is 0 Å². The van der Waals surface area contributed by atoms with Crippen LogP contribution in [0.2, 0.25) is 0 Å². The van der Waals surface area contributed by atoms with Gasteiger partial charge in [0, 0.05) is 11.8 Å². The Labute approximate surface area is 130 Å². The first-order valence-electron chi connectivity index (χ1n) is 6.45. The summed E-state index contributed by atoms with van der Waals surface area (Å²) in [5.41, 5.74) is 2.12. The van der Waals surface area contributed by atoms with Gasteiger partial charge in [-0.25, -0.2) is 9.97 Å². The normalized spacial score (nSPS) is 9.95. The zero-order valence-electron chi connectivity index (χ0n) is 11.4. The largest absolute Gasteiger partial charge is 0.290 e. The molecule has 6 heteroatoms. The van der Waals surface area contributed by atoms with E-state index in [-0.39, 0.29) is 11.9 Å². The maximum Gasteiger partial charge on any atom is 0.268 e. The lowest BCUT2D eigenvalue weighted by Crippen LogP contribution is -2.12. The summed E-state index contributed by atoms with van der Waals surface area (Å²) in [6, 6.07) is 14.4. The summed E-state index contributed by atoms with van der Waals surface area (Å²) in [6.07, 6.45) is 1.59. The number of hydrogen-bond donors (Lipinski definition) is 1. The Bertz CT molecular complexity index is 835. The molecule has 2 aromatic heterocycles. The molecule has 0 saturated heterocycles. The van der Waals surface area contributed by atoms with Gasteiger partial charge in [-0.1, -0.05) is 18.2 Å². The third kappa shape index (κ3) is 3.00. The van der Waals surface area contributed by atoms with E-state index in [0.29, 0.717) is 16.1 Å². The van der Waals surface area contributed by atoms with Gasteiger partial charge < -0.3 is 0 Å². The minimum absolute atomic E-state index is 0.230. The van der Waals surface area contributed by atoms with Crippen molar-refractivity contribution in [3.05, 3.63) is 64.5 Å². The van der Waals surface area contributed by atoms with Crippen molar-refractivity contribution in [2.45, 2.75) is 0 Å². The van der Waals surface area contributed by atoms with Crippen molar-refractivity contribution >= 4 is 23.2 Å². The van der Waals surface area contributed by atoms with Crippen LogP contribution in [0.4, 0.5) is 5.95 Å². The number of thiophene rings is 1. The number of hydrogen-bond acceptors (Lipinski definition) is 5. The molecule has 0 saturated carbocycles. The van der Waals surface area contributed by atoms with Crippen LogP contribution in [0.1, 0.15) is 15.2 Å². The van der Waals surface area contributed by atoms with E-state index in [1.54, 1.807) is 30.5 Å². The van der Waals surface area contributed by atoms with Crippen LogP contribution in [0.25, 0.3) is 11.3 Å². The molecule has 0 radical (unpaired) electrons. The van der Waals surface area contributed by atoms with Gasteiger partial charge in [0.1, 0.15) is 0 Å². The summed E-state index contributed by atoms with van der Waals surface area (Å²) in [6.45, 7) is 0. The molecule has 0 atom stereocenters. The quantitative estimate of drug-likeness (QED) is 0.805. The average molecular weight is 306 g/mol. The molecule has 3 aromatic rings. The van der Waals surface area contributed by atoms with Crippen molar-refractivity contribution in [2.75, 3.05) is 5.32 Å². The van der Waals surface area contributed by atoms with Gasteiger partial charge in [0.25, 0.3) is 5.91 Å². The Morgan fingerprint density at radius 2 is 2.00 bits per heavy atom. The Balaban J connectivity index is 1.83. The number of benzene rings is 1. The Kier molecular flexibility index (Phi) is 3.90. The molecule has 106 valence electrons. The van der Waals surface area contributed by atoms with Crippen molar-refractivity contribution in [3.63, 3.8) is 0 Å². The average Bonchev–Trinajstić information content (AvgIpc) is 3.10.